The number of carbonyl (C=O) groups excluding carboxylic acids is 4. The lowest BCUT2D eigenvalue weighted by Crippen LogP contribution is -2.18. The number of ether oxygens (including phenoxy) is 4. The third-order valence-corrected chi connectivity index (χ3v) is 15.1. The number of fused-ring (bicyclic) bond motifs is 2. The van der Waals surface area contributed by atoms with Crippen LogP contribution in [0.15, 0.2) is 45.3 Å². The summed E-state index contributed by atoms with van der Waals surface area (Å²) in [4.78, 5) is 57.7. The molecule has 5 aromatic rings. The van der Waals surface area contributed by atoms with Gasteiger partial charge in [-0.3, -0.25) is 0 Å². The molecule has 0 bridgehead atoms. The Morgan fingerprint density at radius 1 is 0.394 bits per heavy atom. The SMILES string of the molecule is CCCCC(CC)COC(=O)c1ccc2c3c(Br)cc(C(=O)OCC(CC)CCCC)c4c(C(=O)OCC(CC)CCCC)ccc(c5c(Br)cc(C(=O)OCC(CC)CCCC)c1c25)c43. The third-order valence-electron chi connectivity index (χ3n) is 13.9. The van der Waals surface area contributed by atoms with Gasteiger partial charge in [0.2, 0.25) is 0 Å². The zero-order valence-corrected chi connectivity index (χ0v) is 44.1. The van der Waals surface area contributed by atoms with Crippen LogP contribution in [0.25, 0.3) is 43.1 Å². The smallest absolute Gasteiger partial charge is 0.338 e. The van der Waals surface area contributed by atoms with Gasteiger partial charge in [0, 0.05) is 41.3 Å². The van der Waals surface area contributed by atoms with Gasteiger partial charge in [-0.2, -0.15) is 0 Å². The van der Waals surface area contributed by atoms with Crippen LogP contribution in [0.3, 0.4) is 0 Å². The van der Waals surface area contributed by atoms with Crippen LogP contribution in [0, 0.1) is 23.7 Å². The van der Waals surface area contributed by atoms with Crippen molar-refractivity contribution < 1.29 is 38.1 Å². The van der Waals surface area contributed by atoms with E-state index >= 15 is 0 Å². The summed E-state index contributed by atoms with van der Waals surface area (Å²) in [6.07, 6.45) is 15.8. The number of carbonyl (C=O) groups is 4. The molecule has 0 saturated heterocycles. The number of unbranched alkanes of at least 4 members (excludes halogenated alkanes) is 4. The van der Waals surface area contributed by atoms with Crippen LogP contribution < -0.4 is 0 Å². The quantitative estimate of drug-likeness (QED) is 0.0211. The standard InChI is InChI=1S/C56H74Br2O8/c1-9-17-21-35(13-5)31-63-53(59)41-27-25-39-50-46(58)30-44(56(62)66-34-38(16-8)24-20-12-4)48-42(54(60)64-32-36(14-6)22-18-10-2)28-26-40(52(48)50)49-45(57)29-43(47(41)51(39)49)55(61)65-33-37(15-7)23-19-11-3/h25-30,35-38H,9-24,31-34H2,1-8H3. The van der Waals surface area contributed by atoms with Crippen molar-refractivity contribution in [3.05, 3.63) is 67.6 Å². The molecule has 0 N–H and O–H groups in total. The molecule has 0 saturated carbocycles. The van der Waals surface area contributed by atoms with Crippen LogP contribution in [0.5, 0.6) is 0 Å². The summed E-state index contributed by atoms with van der Waals surface area (Å²) in [5.74, 6) is -1.18. The van der Waals surface area contributed by atoms with Crippen LogP contribution in [0.1, 0.15) is 200 Å². The fourth-order valence-electron chi connectivity index (χ4n) is 9.35. The first-order valence-corrected chi connectivity index (χ1v) is 26.8. The second-order valence-electron chi connectivity index (χ2n) is 18.4. The van der Waals surface area contributed by atoms with Crippen LogP contribution in [-0.2, 0) is 18.9 Å². The molecule has 0 aliphatic carbocycles. The van der Waals surface area contributed by atoms with Gasteiger partial charge in [-0.25, -0.2) is 19.2 Å². The summed E-state index contributed by atoms with van der Waals surface area (Å²) in [6, 6.07) is 10.8. The lowest BCUT2D eigenvalue weighted by Gasteiger charge is -2.23. The number of hydrogen-bond donors (Lipinski definition) is 0. The molecular weight excluding hydrogens is 960 g/mol. The topological polar surface area (TPSA) is 105 Å². The lowest BCUT2D eigenvalue weighted by molar-refractivity contribution is 0.0414. The highest BCUT2D eigenvalue weighted by Gasteiger charge is 2.31. The first-order valence-electron chi connectivity index (χ1n) is 25.2. The van der Waals surface area contributed by atoms with Crippen molar-refractivity contribution in [1.82, 2.24) is 0 Å². The molecule has 0 heterocycles. The summed E-state index contributed by atoms with van der Waals surface area (Å²) in [5.41, 5.74) is 1.07. The molecule has 8 nitrogen and oxygen atoms in total. The first-order chi connectivity index (χ1) is 31.9. The fourth-order valence-corrected chi connectivity index (χ4v) is 10.6. The van der Waals surface area contributed by atoms with Gasteiger partial charge < -0.3 is 18.9 Å². The summed E-state index contributed by atoms with van der Waals surface area (Å²) in [7, 11) is 0. The molecule has 0 amide bonds. The van der Waals surface area contributed by atoms with Gasteiger partial charge in [-0.05, 0) is 84.4 Å². The molecule has 4 unspecified atom stereocenters. The molecule has 66 heavy (non-hydrogen) atoms. The minimum atomic E-state index is -0.516. The van der Waals surface area contributed by atoms with Gasteiger partial charge in [-0.15, -0.1) is 0 Å². The van der Waals surface area contributed by atoms with Crippen molar-refractivity contribution in [3.8, 4) is 0 Å². The normalized spacial score (nSPS) is 13.6. The van der Waals surface area contributed by atoms with Crippen molar-refractivity contribution >= 4 is 98.8 Å². The molecule has 5 aromatic carbocycles. The minimum Gasteiger partial charge on any atom is -0.462 e. The highest BCUT2D eigenvalue weighted by atomic mass is 79.9. The maximum Gasteiger partial charge on any atom is 0.338 e. The number of halogens is 2. The van der Waals surface area contributed by atoms with Crippen molar-refractivity contribution in [3.63, 3.8) is 0 Å². The summed E-state index contributed by atoms with van der Waals surface area (Å²) >= 11 is 7.77. The number of benzene rings is 5. The zero-order chi connectivity index (χ0) is 47.9. The van der Waals surface area contributed by atoms with E-state index in [1.54, 1.807) is 24.3 Å². The van der Waals surface area contributed by atoms with E-state index in [1.165, 1.54) is 0 Å². The lowest BCUT2D eigenvalue weighted by atomic mass is 9.84. The van der Waals surface area contributed by atoms with E-state index in [2.05, 4.69) is 87.2 Å². The molecule has 360 valence electrons. The van der Waals surface area contributed by atoms with E-state index in [0.29, 0.717) is 30.5 Å². The van der Waals surface area contributed by atoms with E-state index in [4.69, 9.17) is 18.9 Å². The number of hydrogen-bond acceptors (Lipinski definition) is 8. The van der Waals surface area contributed by atoms with Crippen molar-refractivity contribution in [2.24, 2.45) is 23.7 Å². The van der Waals surface area contributed by atoms with E-state index in [1.807, 2.05) is 12.1 Å². The summed E-state index contributed by atoms with van der Waals surface area (Å²) in [5, 5.41) is 5.12. The third kappa shape index (κ3) is 12.5. The van der Waals surface area contributed by atoms with Crippen LogP contribution in [0.4, 0.5) is 0 Å². The molecule has 0 aliphatic rings. The van der Waals surface area contributed by atoms with E-state index in [0.717, 1.165) is 124 Å². The minimum absolute atomic E-state index is 0.214. The van der Waals surface area contributed by atoms with Gasteiger partial charge in [0.1, 0.15) is 0 Å². The van der Waals surface area contributed by atoms with Gasteiger partial charge in [-0.1, -0.05) is 176 Å². The molecule has 10 heteroatoms. The molecule has 5 rings (SSSR count). The maximum atomic E-state index is 14.5. The predicted molar refractivity (Wildman–Crippen MR) is 277 cm³/mol. The largest absolute Gasteiger partial charge is 0.462 e. The highest BCUT2D eigenvalue weighted by Crippen LogP contribution is 2.49. The van der Waals surface area contributed by atoms with Gasteiger partial charge in [0.05, 0.1) is 48.7 Å². The number of rotatable bonds is 28. The monoisotopic (exact) mass is 1030 g/mol. The Balaban J connectivity index is 1.80. The summed E-state index contributed by atoms with van der Waals surface area (Å²) < 4.78 is 25.6. The Kier molecular flexibility index (Phi) is 21.1. The molecule has 0 radical (unpaired) electrons. The van der Waals surface area contributed by atoms with E-state index in [9.17, 15) is 19.2 Å². The predicted octanol–water partition coefficient (Wildman–Crippen LogP) is 16.8. The van der Waals surface area contributed by atoms with Crippen LogP contribution in [0.2, 0.25) is 0 Å². The molecule has 0 fully saturated rings. The molecule has 0 spiro atoms. The van der Waals surface area contributed by atoms with Gasteiger partial charge >= 0.3 is 23.9 Å². The Morgan fingerprint density at radius 2 is 0.667 bits per heavy atom. The van der Waals surface area contributed by atoms with Crippen LogP contribution >= 0.6 is 31.9 Å². The Labute approximate surface area is 410 Å². The van der Waals surface area contributed by atoms with E-state index < -0.39 is 23.9 Å². The Morgan fingerprint density at radius 3 is 0.924 bits per heavy atom. The zero-order valence-electron chi connectivity index (χ0n) is 40.9. The molecule has 4 atom stereocenters. The fraction of sp³-hybridized carbons (Fsp3) is 0.571. The van der Waals surface area contributed by atoms with E-state index in [-0.39, 0.29) is 72.4 Å². The van der Waals surface area contributed by atoms with Gasteiger partial charge in [0.25, 0.3) is 0 Å². The van der Waals surface area contributed by atoms with Crippen molar-refractivity contribution in [2.45, 2.75) is 158 Å². The second kappa shape index (κ2) is 26.1. The Bertz CT molecular complexity index is 2250. The average Bonchev–Trinajstić information content (AvgIpc) is 3.33. The van der Waals surface area contributed by atoms with Crippen molar-refractivity contribution in [2.75, 3.05) is 26.4 Å². The second-order valence-corrected chi connectivity index (χ2v) is 20.2. The Hall–Kier alpha value is -3.76. The average molecular weight is 1040 g/mol. The molecule has 0 aromatic heterocycles. The maximum absolute atomic E-state index is 14.5. The van der Waals surface area contributed by atoms with Crippen LogP contribution in [-0.4, -0.2) is 50.3 Å². The highest BCUT2D eigenvalue weighted by molar-refractivity contribution is 9.11. The molecular formula is C56H74Br2O8. The number of esters is 4. The van der Waals surface area contributed by atoms with Crippen molar-refractivity contribution in [1.29, 1.82) is 0 Å². The summed E-state index contributed by atoms with van der Waals surface area (Å²) in [6.45, 7) is 18.2. The molecule has 0 aliphatic heterocycles. The van der Waals surface area contributed by atoms with Gasteiger partial charge in [0.15, 0.2) is 0 Å². The first kappa shape index (κ1) is 53.2.